The standard InChI is InChI=1S/C17H19N3OS/c1-11-12(2)22-17-15(11)16(21)19-14(20-17)10-18-9-8-13-6-4-3-5-7-13/h3-7,18H,8-10H2,1-2H3,(H,19,20,21). The van der Waals surface area contributed by atoms with E-state index >= 15 is 0 Å². The smallest absolute Gasteiger partial charge is 0.259 e. The van der Waals surface area contributed by atoms with Crippen LogP contribution in [0.5, 0.6) is 0 Å². The lowest BCUT2D eigenvalue weighted by Crippen LogP contribution is -2.21. The van der Waals surface area contributed by atoms with Crippen LogP contribution >= 0.6 is 11.3 Å². The van der Waals surface area contributed by atoms with Gasteiger partial charge in [-0.15, -0.1) is 11.3 Å². The molecule has 4 nitrogen and oxygen atoms in total. The SMILES string of the molecule is Cc1sc2nc(CNCCc3ccccc3)[nH]c(=O)c2c1C. The van der Waals surface area contributed by atoms with Crippen molar-refractivity contribution in [2.45, 2.75) is 26.8 Å². The van der Waals surface area contributed by atoms with Gasteiger partial charge in [0.25, 0.3) is 5.56 Å². The summed E-state index contributed by atoms with van der Waals surface area (Å²) >= 11 is 1.58. The minimum absolute atomic E-state index is 0.0355. The van der Waals surface area contributed by atoms with Gasteiger partial charge in [-0.3, -0.25) is 4.79 Å². The fourth-order valence-electron chi connectivity index (χ4n) is 2.47. The van der Waals surface area contributed by atoms with E-state index in [1.807, 2.05) is 32.0 Å². The zero-order valence-corrected chi connectivity index (χ0v) is 13.6. The maximum absolute atomic E-state index is 12.2. The number of thiophene rings is 1. The molecule has 3 rings (SSSR count). The van der Waals surface area contributed by atoms with Gasteiger partial charge in [0.2, 0.25) is 0 Å². The van der Waals surface area contributed by atoms with Gasteiger partial charge in [-0.2, -0.15) is 0 Å². The first-order valence-electron chi connectivity index (χ1n) is 7.38. The molecule has 1 aromatic carbocycles. The van der Waals surface area contributed by atoms with Crippen molar-refractivity contribution < 1.29 is 0 Å². The molecule has 0 bridgehead atoms. The average Bonchev–Trinajstić information content (AvgIpc) is 2.80. The van der Waals surface area contributed by atoms with Crippen molar-refractivity contribution in [2.24, 2.45) is 0 Å². The number of hydrogen-bond acceptors (Lipinski definition) is 4. The van der Waals surface area contributed by atoms with Crippen molar-refractivity contribution in [3.63, 3.8) is 0 Å². The largest absolute Gasteiger partial charge is 0.310 e. The number of rotatable bonds is 5. The van der Waals surface area contributed by atoms with Gasteiger partial charge in [-0.25, -0.2) is 4.98 Å². The molecule has 0 saturated carbocycles. The number of aromatic nitrogens is 2. The van der Waals surface area contributed by atoms with Crippen LogP contribution in [0.4, 0.5) is 0 Å². The van der Waals surface area contributed by atoms with Gasteiger partial charge < -0.3 is 10.3 Å². The highest BCUT2D eigenvalue weighted by molar-refractivity contribution is 7.18. The third-order valence-corrected chi connectivity index (χ3v) is 4.91. The maximum Gasteiger partial charge on any atom is 0.259 e. The van der Waals surface area contributed by atoms with E-state index in [2.05, 4.69) is 27.4 Å². The molecule has 0 spiro atoms. The topological polar surface area (TPSA) is 57.8 Å². The molecule has 0 radical (unpaired) electrons. The van der Waals surface area contributed by atoms with E-state index in [9.17, 15) is 4.79 Å². The summed E-state index contributed by atoms with van der Waals surface area (Å²) in [5.74, 6) is 0.701. The van der Waals surface area contributed by atoms with Crippen molar-refractivity contribution in [3.8, 4) is 0 Å². The average molecular weight is 313 g/mol. The molecule has 114 valence electrons. The van der Waals surface area contributed by atoms with Gasteiger partial charge >= 0.3 is 0 Å². The third kappa shape index (κ3) is 3.10. The van der Waals surface area contributed by atoms with Crippen LogP contribution in [0.15, 0.2) is 35.1 Å². The second-order valence-electron chi connectivity index (χ2n) is 5.39. The van der Waals surface area contributed by atoms with E-state index in [-0.39, 0.29) is 5.56 Å². The van der Waals surface area contributed by atoms with Crippen molar-refractivity contribution in [1.82, 2.24) is 15.3 Å². The number of hydrogen-bond donors (Lipinski definition) is 2. The Kier molecular flexibility index (Phi) is 4.36. The Labute approximate surface area is 133 Å². The van der Waals surface area contributed by atoms with Gasteiger partial charge in [0, 0.05) is 4.88 Å². The van der Waals surface area contributed by atoms with Crippen LogP contribution in [0.1, 0.15) is 21.8 Å². The first-order valence-corrected chi connectivity index (χ1v) is 8.20. The van der Waals surface area contributed by atoms with Crippen LogP contribution in [0.2, 0.25) is 0 Å². The molecule has 2 N–H and O–H groups in total. The maximum atomic E-state index is 12.2. The Morgan fingerprint density at radius 1 is 1.23 bits per heavy atom. The van der Waals surface area contributed by atoms with Gasteiger partial charge in [-0.1, -0.05) is 30.3 Å². The molecule has 0 aliphatic heterocycles. The van der Waals surface area contributed by atoms with E-state index in [1.54, 1.807) is 11.3 Å². The highest BCUT2D eigenvalue weighted by Gasteiger charge is 2.11. The summed E-state index contributed by atoms with van der Waals surface area (Å²) in [7, 11) is 0. The van der Waals surface area contributed by atoms with Crippen molar-refractivity contribution in [3.05, 3.63) is 62.5 Å². The minimum Gasteiger partial charge on any atom is -0.310 e. The number of nitrogens with zero attached hydrogens (tertiary/aromatic N) is 1. The van der Waals surface area contributed by atoms with Crippen molar-refractivity contribution >= 4 is 21.6 Å². The van der Waals surface area contributed by atoms with E-state index < -0.39 is 0 Å². The normalized spacial score (nSPS) is 11.2. The van der Waals surface area contributed by atoms with Crippen LogP contribution in [-0.4, -0.2) is 16.5 Å². The fourth-order valence-corrected chi connectivity index (χ4v) is 3.52. The summed E-state index contributed by atoms with van der Waals surface area (Å²) in [4.78, 5) is 21.6. The quantitative estimate of drug-likeness (QED) is 0.712. The molecule has 0 atom stereocenters. The summed E-state index contributed by atoms with van der Waals surface area (Å²) in [6.07, 6.45) is 0.963. The zero-order valence-electron chi connectivity index (χ0n) is 12.8. The first-order chi connectivity index (χ1) is 10.6. The molecule has 0 fully saturated rings. The summed E-state index contributed by atoms with van der Waals surface area (Å²) in [6, 6.07) is 10.3. The van der Waals surface area contributed by atoms with Crippen molar-refractivity contribution in [1.29, 1.82) is 0 Å². The van der Waals surface area contributed by atoms with Crippen molar-refractivity contribution in [2.75, 3.05) is 6.54 Å². The molecular weight excluding hydrogens is 294 g/mol. The Hall–Kier alpha value is -1.98. The summed E-state index contributed by atoms with van der Waals surface area (Å²) in [6.45, 7) is 5.43. The second kappa shape index (κ2) is 6.42. The lowest BCUT2D eigenvalue weighted by molar-refractivity contribution is 0.660. The molecule has 5 heteroatoms. The number of nitrogens with one attached hydrogen (secondary N) is 2. The first kappa shape index (κ1) is 14.9. The van der Waals surface area contributed by atoms with Gasteiger partial charge in [0.05, 0.1) is 11.9 Å². The minimum atomic E-state index is -0.0355. The highest BCUT2D eigenvalue weighted by atomic mass is 32.1. The molecule has 0 saturated heterocycles. The lowest BCUT2D eigenvalue weighted by Gasteiger charge is -2.05. The number of aryl methyl sites for hydroxylation is 2. The summed E-state index contributed by atoms with van der Waals surface area (Å²) in [5.41, 5.74) is 2.31. The molecule has 2 heterocycles. The molecule has 0 aliphatic carbocycles. The Morgan fingerprint density at radius 3 is 2.77 bits per heavy atom. The molecular formula is C17H19N3OS. The van der Waals surface area contributed by atoms with E-state index in [1.165, 1.54) is 5.56 Å². The number of aromatic amines is 1. The monoisotopic (exact) mass is 313 g/mol. The number of H-pyrrole nitrogens is 1. The van der Waals surface area contributed by atoms with Gasteiger partial charge in [0.1, 0.15) is 10.7 Å². The summed E-state index contributed by atoms with van der Waals surface area (Å²) < 4.78 is 0. The van der Waals surface area contributed by atoms with E-state index in [4.69, 9.17) is 0 Å². The Morgan fingerprint density at radius 2 is 2.00 bits per heavy atom. The second-order valence-corrected chi connectivity index (χ2v) is 6.59. The third-order valence-electron chi connectivity index (χ3n) is 3.81. The highest BCUT2D eigenvalue weighted by Crippen LogP contribution is 2.25. The van der Waals surface area contributed by atoms with E-state index in [0.717, 1.165) is 33.6 Å². The fraction of sp³-hybridized carbons (Fsp3) is 0.294. The predicted octanol–water partition coefficient (Wildman–Crippen LogP) is 2.93. The lowest BCUT2D eigenvalue weighted by atomic mass is 10.1. The van der Waals surface area contributed by atoms with Crippen LogP contribution in [-0.2, 0) is 13.0 Å². The molecule has 2 aromatic heterocycles. The van der Waals surface area contributed by atoms with Gasteiger partial charge in [-0.05, 0) is 37.9 Å². The zero-order chi connectivity index (χ0) is 15.5. The van der Waals surface area contributed by atoms with E-state index in [0.29, 0.717) is 12.4 Å². The Balaban J connectivity index is 1.66. The van der Waals surface area contributed by atoms with Gasteiger partial charge in [0.15, 0.2) is 0 Å². The van der Waals surface area contributed by atoms with Crippen LogP contribution < -0.4 is 10.9 Å². The molecule has 0 unspecified atom stereocenters. The summed E-state index contributed by atoms with van der Waals surface area (Å²) in [5, 5.41) is 4.07. The van der Waals surface area contributed by atoms with Crippen LogP contribution in [0.3, 0.4) is 0 Å². The molecule has 0 amide bonds. The molecule has 0 aliphatic rings. The molecule has 22 heavy (non-hydrogen) atoms. The number of benzene rings is 1. The number of fused-ring (bicyclic) bond motifs is 1. The molecule has 3 aromatic rings. The Bertz CT molecular complexity index is 836. The van der Waals surface area contributed by atoms with Crippen LogP contribution in [0.25, 0.3) is 10.2 Å². The van der Waals surface area contributed by atoms with Crippen LogP contribution in [0, 0.1) is 13.8 Å². The predicted molar refractivity (Wildman–Crippen MR) is 91.6 cm³/mol.